The number of aromatic nitrogens is 1. The van der Waals surface area contributed by atoms with E-state index in [0.29, 0.717) is 26.4 Å². The molecule has 1 fully saturated rings. The normalized spacial score (nSPS) is 18.7. The molecule has 0 saturated carbocycles. The van der Waals surface area contributed by atoms with Crippen molar-refractivity contribution in [2.75, 3.05) is 37.8 Å². The van der Waals surface area contributed by atoms with Gasteiger partial charge in [0.25, 0.3) is 0 Å². The molecule has 0 bridgehead atoms. The molecule has 1 saturated heterocycles. The van der Waals surface area contributed by atoms with Gasteiger partial charge in [0.15, 0.2) is 16.6 Å². The van der Waals surface area contributed by atoms with Gasteiger partial charge in [0.2, 0.25) is 5.91 Å². The summed E-state index contributed by atoms with van der Waals surface area (Å²) in [5, 5.41) is 4.17. The van der Waals surface area contributed by atoms with Gasteiger partial charge < -0.3 is 24.4 Å². The molecule has 5 rings (SSSR count). The van der Waals surface area contributed by atoms with Crippen LogP contribution in [0.5, 0.6) is 17.2 Å². The lowest BCUT2D eigenvalue weighted by Crippen LogP contribution is -2.43. The monoisotopic (exact) mass is 467 g/mol. The van der Waals surface area contributed by atoms with Gasteiger partial charge in [-0.15, -0.1) is 0 Å². The first-order valence-corrected chi connectivity index (χ1v) is 12.4. The van der Waals surface area contributed by atoms with Gasteiger partial charge in [0, 0.05) is 13.1 Å². The van der Waals surface area contributed by atoms with Gasteiger partial charge >= 0.3 is 0 Å². The van der Waals surface area contributed by atoms with E-state index in [1.807, 2.05) is 50.2 Å². The average Bonchev–Trinajstić information content (AvgIpc) is 3.27. The maximum Gasteiger partial charge on any atom is 0.225 e. The Bertz CT molecular complexity index is 1150. The summed E-state index contributed by atoms with van der Waals surface area (Å²) >= 11 is 1.66. The van der Waals surface area contributed by atoms with E-state index >= 15 is 0 Å². The largest absolute Gasteiger partial charge is 0.494 e. The molecule has 0 unspecified atom stereocenters. The van der Waals surface area contributed by atoms with E-state index in [1.165, 1.54) is 0 Å². The van der Waals surface area contributed by atoms with Gasteiger partial charge in [0.05, 0.1) is 28.8 Å². The molecule has 1 amide bonds. The van der Waals surface area contributed by atoms with Crippen LogP contribution >= 0.6 is 11.3 Å². The summed E-state index contributed by atoms with van der Waals surface area (Å²) in [7, 11) is 0. The van der Waals surface area contributed by atoms with Gasteiger partial charge in [-0.25, -0.2) is 4.98 Å². The van der Waals surface area contributed by atoms with Crippen LogP contribution in [0.4, 0.5) is 5.13 Å². The fourth-order valence-corrected chi connectivity index (χ4v) is 5.42. The standard InChI is InChI=1S/C25H29N3O4S/c1-3-30-19-7-8-20-23(14-19)33-25(27-20)28-10-4-5-18(15-28)24(29)26-16(2)17-6-9-21-22(13-17)32-12-11-31-21/h6-9,13-14,16,18H,3-5,10-12,15H2,1-2H3,(H,26,29)/t16-,18+/m1/s1. The highest BCUT2D eigenvalue weighted by Gasteiger charge is 2.28. The Hall–Kier alpha value is -3.00. The molecule has 3 aromatic rings. The van der Waals surface area contributed by atoms with E-state index < -0.39 is 0 Å². The molecular formula is C25H29N3O4S. The minimum atomic E-state index is -0.108. The third kappa shape index (κ3) is 4.71. The second kappa shape index (κ2) is 9.47. The number of nitrogens with zero attached hydrogens (tertiary/aromatic N) is 2. The SMILES string of the molecule is CCOc1ccc2nc(N3CCC[C@H](C(=O)N[C@H](C)c4ccc5c(c4)OCCO5)C3)sc2c1. The van der Waals surface area contributed by atoms with Crippen LogP contribution in [0.2, 0.25) is 0 Å². The number of anilines is 1. The Morgan fingerprint density at radius 2 is 2.09 bits per heavy atom. The number of thiazole rings is 1. The number of carbonyl (C=O) groups is 1. The lowest BCUT2D eigenvalue weighted by Gasteiger charge is -2.32. The topological polar surface area (TPSA) is 72.9 Å². The predicted molar refractivity (Wildman–Crippen MR) is 130 cm³/mol. The van der Waals surface area contributed by atoms with Crippen molar-refractivity contribution in [1.82, 2.24) is 10.3 Å². The predicted octanol–water partition coefficient (Wildman–Crippen LogP) is 4.56. The molecule has 8 heteroatoms. The van der Waals surface area contributed by atoms with Crippen LogP contribution in [0.25, 0.3) is 10.2 Å². The van der Waals surface area contributed by atoms with Crippen molar-refractivity contribution in [1.29, 1.82) is 0 Å². The van der Waals surface area contributed by atoms with Crippen LogP contribution in [0.15, 0.2) is 36.4 Å². The zero-order valence-corrected chi connectivity index (χ0v) is 19.8. The fourth-order valence-electron chi connectivity index (χ4n) is 4.39. The maximum absolute atomic E-state index is 13.1. The third-order valence-corrected chi connectivity index (χ3v) is 7.23. The van der Waals surface area contributed by atoms with Gasteiger partial charge in [-0.05, 0) is 62.6 Å². The van der Waals surface area contributed by atoms with E-state index in [2.05, 4.69) is 10.2 Å². The lowest BCUT2D eigenvalue weighted by atomic mass is 9.96. The summed E-state index contributed by atoms with van der Waals surface area (Å²) in [5.41, 5.74) is 1.98. The van der Waals surface area contributed by atoms with Crippen LogP contribution in [0.1, 0.15) is 38.3 Å². The summed E-state index contributed by atoms with van der Waals surface area (Å²) < 4.78 is 18.0. The van der Waals surface area contributed by atoms with E-state index in [0.717, 1.165) is 57.5 Å². The molecule has 33 heavy (non-hydrogen) atoms. The van der Waals surface area contributed by atoms with E-state index in [1.54, 1.807) is 11.3 Å². The van der Waals surface area contributed by atoms with Crippen LogP contribution in [0, 0.1) is 5.92 Å². The van der Waals surface area contributed by atoms with E-state index in [9.17, 15) is 4.79 Å². The summed E-state index contributed by atoms with van der Waals surface area (Å²) in [6, 6.07) is 11.8. The molecule has 0 spiro atoms. The number of nitrogens with one attached hydrogen (secondary N) is 1. The lowest BCUT2D eigenvalue weighted by molar-refractivity contribution is -0.125. The smallest absolute Gasteiger partial charge is 0.225 e. The first-order chi connectivity index (χ1) is 16.1. The summed E-state index contributed by atoms with van der Waals surface area (Å²) in [5.74, 6) is 2.39. The Labute approximate surface area is 197 Å². The number of hydrogen-bond acceptors (Lipinski definition) is 7. The van der Waals surface area contributed by atoms with Crippen molar-refractivity contribution in [3.05, 3.63) is 42.0 Å². The van der Waals surface area contributed by atoms with Crippen molar-refractivity contribution in [2.24, 2.45) is 5.92 Å². The van der Waals surface area contributed by atoms with Crippen molar-refractivity contribution >= 4 is 32.6 Å². The first-order valence-electron chi connectivity index (χ1n) is 11.6. The quantitative estimate of drug-likeness (QED) is 0.573. The molecule has 1 N–H and O–H groups in total. The molecule has 2 atom stereocenters. The van der Waals surface area contributed by atoms with Crippen LogP contribution < -0.4 is 24.4 Å². The summed E-state index contributed by atoms with van der Waals surface area (Å²) in [6.45, 7) is 7.35. The number of piperidine rings is 1. The van der Waals surface area contributed by atoms with E-state index in [4.69, 9.17) is 19.2 Å². The number of hydrogen-bond donors (Lipinski definition) is 1. The molecule has 7 nitrogen and oxygen atoms in total. The Morgan fingerprint density at radius 1 is 1.24 bits per heavy atom. The average molecular weight is 468 g/mol. The zero-order valence-electron chi connectivity index (χ0n) is 19.0. The first kappa shape index (κ1) is 21.8. The second-order valence-corrected chi connectivity index (χ2v) is 9.49. The number of benzene rings is 2. The van der Waals surface area contributed by atoms with E-state index in [-0.39, 0.29) is 17.9 Å². The summed E-state index contributed by atoms with van der Waals surface area (Å²) in [4.78, 5) is 20.2. The Morgan fingerprint density at radius 3 is 2.94 bits per heavy atom. The van der Waals surface area contributed by atoms with Crippen LogP contribution in [-0.2, 0) is 4.79 Å². The highest BCUT2D eigenvalue weighted by molar-refractivity contribution is 7.22. The van der Waals surface area contributed by atoms with Crippen LogP contribution in [-0.4, -0.2) is 43.8 Å². The Kier molecular flexibility index (Phi) is 6.26. The minimum Gasteiger partial charge on any atom is -0.494 e. The number of rotatable bonds is 6. The molecule has 0 aliphatic carbocycles. The fraction of sp³-hybridized carbons (Fsp3) is 0.440. The molecule has 2 aromatic carbocycles. The van der Waals surface area contributed by atoms with Crippen molar-refractivity contribution < 1.29 is 19.0 Å². The number of ether oxygens (including phenoxy) is 3. The number of amides is 1. The van der Waals surface area contributed by atoms with Gasteiger partial charge in [-0.1, -0.05) is 17.4 Å². The molecule has 2 aliphatic heterocycles. The molecule has 2 aliphatic rings. The zero-order chi connectivity index (χ0) is 22.8. The maximum atomic E-state index is 13.1. The van der Waals surface area contributed by atoms with Gasteiger partial charge in [0.1, 0.15) is 19.0 Å². The van der Waals surface area contributed by atoms with Crippen molar-refractivity contribution in [3.63, 3.8) is 0 Å². The molecule has 1 aromatic heterocycles. The van der Waals surface area contributed by atoms with Crippen LogP contribution in [0.3, 0.4) is 0 Å². The second-order valence-electron chi connectivity index (χ2n) is 8.48. The molecule has 3 heterocycles. The highest BCUT2D eigenvalue weighted by Crippen LogP contribution is 2.35. The molecule has 174 valence electrons. The highest BCUT2D eigenvalue weighted by atomic mass is 32.1. The summed E-state index contributed by atoms with van der Waals surface area (Å²) in [6.07, 6.45) is 1.85. The minimum absolute atomic E-state index is 0.0654. The number of carbonyl (C=O) groups excluding carboxylic acids is 1. The molecule has 0 radical (unpaired) electrons. The van der Waals surface area contributed by atoms with Gasteiger partial charge in [-0.2, -0.15) is 0 Å². The van der Waals surface area contributed by atoms with Crippen molar-refractivity contribution in [3.8, 4) is 17.2 Å². The third-order valence-electron chi connectivity index (χ3n) is 6.15. The number of fused-ring (bicyclic) bond motifs is 2. The molecular weight excluding hydrogens is 438 g/mol. The Balaban J connectivity index is 1.24. The van der Waals surface area contributed by atoms with Gasteiger partial charge in [-0.3, -0.25) is 4.79 Å². The van der Waals surface area contributed by atoms with Crippen molar-refractivity contribution in [2.45, 2.75) is 32.7 Å².